The van der Waals surface area contributed by atoms with Crippen LogP contribution in [0.5, 0.6) is 0 Å². The Hall–Kier alpha value is -5.59. The van der Waals surface area contributed by atoms with Gasteiger partial charge in [0.1, 0.15) is 5.76 Å². The number of aliphatic hydroxyl groups is 1. The van der Waals surface area contributed by atoms with E-state index in [1.54, 1.807) is 33.8 Å². The summed E-state index contributed by atoms with van der Waals surface area (Å²) >= 11 is 0. The van der Waals surface area contributed by atoms with Crippen LogP contribution in [0.15, 0.2) is 107 Å². The van der Waals surface area contributed by atoms with E-state index in [0.29, 0.717) is 64.9 Å². The largest absolute Gasteiger partial charge is 0.509 e. The lowest BCUT2D eigenvalue weighted by molar-refractivity contribution is -0.144. The third-order valence-electron chi connectivity index (χ3n) is 10.7. The molecule has 0 fully saturated rings. The van der Waals surface area contributed by atoms with Gasteiger partial charge in [-0.3, -0.25) is 19.2 Å². The van der Waals surface area contributed by atoms with Crippen LogP contribution in [0.2, 0.25) is 0 Å². The van der Waals surface area contributed by atoms with E-state index < -0.39 is 5.41 Å². The van der Waals surface area contributed by atoms with Crippen LogP contribution >= 0.6 is 0 Å². The molecule has 0 radical (unpaired) electrons. The second-order valence-electron chi connectivity index (χ2n) is 14.4. The summed E-state index contributed by atoms with van der Waals surface area (Å²) in [7, 11) is 0. The molecule has 304 valence electrons. The first-order valence-electron chi connectivity index (χ1n) is 19.8. The Morgan fingerprint density at radius 1 is 0.579 bits per heavy atom. The van der Waals surface area contributed by atoms with Gasteiger partial charge < -0.3 is 29.4 Å². The van der Waals surface area contributed by atoms with Gasteiger partial charge in [-0.2, -0.15) is 0 Å². The minimum atomic E-state index is -1.05. The van der Waals surface area contributed by atoms with Crippen LogP contribution in [-0.4, -0.2) is 72.5 Å². The Morgan fingerprint density at radius 3 is 1.32 bits per heavy atom. The summed E-state index contributed by atoms with van der Waals surface area (Å²) in [6.45, 7) is 15.8. The fraction of sp³-hybridized carbons (Fsp3) is 0.477. The lowest BCUT2D eigenvalue weighted by atomic mass is 9.80. The van der Waals surface area contributed by atoms with Gasteiger partial charge in [0.25, 0.3) is 0 Å². The fourth-order valence-corrected chi connectivity index (χ4v) is 7.43. The van der Waals surface area contributed by atoms with E-state index in [-0.39, 0.29) is 88.2 Å². The Balaban J connectivity index is 1.73. The number of carbonyl (C=O) groups is 4. The standard InChI is InChI=1S/C44H54N4O9/c1-9-54-39(49)16-13-28-25(5)31-21-35-29(14-17-40(50)55-10-2)26(6)33(46-35)23-37-43(53)44(8,20-19-42(52)57-12-4)38(48-37)24-36-30(15-18-41(51)56-11-3)27(7)32(47-36)22-34(28)45-31/h21-24,48,53H,9-20H2,1-8H3. The van der Waals surface area contributed by atoms with Gasteiger partial charge >= 0.3 is 23.9 Å². The number of ether oxygens (including phenoxy) is 4. The Kier molecular flexibility index (Phi) is 13.9. The first-order chi connectivity index (χ1) is 27.2. The number of aliphatic imine (C=N–C) groups is 3. The van der Waals surface area contributed by atoms with Crippen LogP contribution in [0.4, 0.5) is 0 Å². The molecule has 0 saturated carbocycles. The number of rotatable bonds is 16. The predicted molar refractivity (Wildman–Crippen MR) is 217 cm³/mol. The van der Waals surface area contributed by atoms with Crippen LogP contribution < -0.4 is 5.32 Å². The number of hydrogen-bond acceptors (Lipinski definition) is 13. The van der Waals surface area contributed by atoms with Gasteiger partial charge in [-0.1, -0.05) is 0 Å². The summed E-state index contributed by atoms with van der Waals surface area (Å²) in [6, 6.07) is 0. The van der Waals surface area contributed by atoms with Crippen molar-refractivity contribution in [3.8, 4) is 0 Å². The number of esters is 4. The highest BCUT2D eigenvalue weighted by Crippen LogP contribution is 2.46. The molecule has 1 atom stereocenters. The van der Waals surface area contributed by atoms with E-state index in [1.807, 2.05) is 45.9 Å². The van der Waals surface area contributed by atoms with Crippen molar-refractivity contribution >= 4 is 41.0 Å². The van der Waals surface area contributed by atoms with Gasteiger partial charge in [-0.05, 0) is 139 Å². The maximum absolute atomic E-state index is 12.6. The van der Waals surface area contributed by atoms with Crippen LogP contribution in [0.3, 0.4) is 0 Å². The van der Waals surface area contributed by atoms with Gasteiger partial charge in [0, 0.05) is 31.4 Å². The third-order valence-corrected chi connectivity index (χ3v) is 10.7. The third kappa shape index (κ3) is 9.52. The number of nitrogens with zero attached hydrogens (tertiary/aromatic N) is 3. The Morgan fingerprint density at radius 2 is 0.930 bits per heavy atom. The number of hydrogen-bond donors (Lipinski definition) is 2. The van der Waals surface area contributed by atoms with E-state index in [9.17, 15) is 24.3 Å². The molecule has 0 aromatic heterocycles. The summed E-state index contributed by atoms with van der Waals surface area (Å²) in [5, 5.41) is 15.4. The van der Waals surface area contributed by atoms with Crippen molar-refractivity contribution < 1.29 is 43.2 Å². The minimum absolute atomic E-state index is 0.0236. The van der Waals surface area contributed by atoms with Crippen molar-refractivity contribution in [1.29, 1.82) is 0 Å². The summed E-state index contributed by atoms with van der Waals surface area (Å²) < 4.78 is 21.0. The molecule has 0 aromatic carbocycles. The monoisotopic (exact) mass is 782 g/mol. The van der Waals surface area contributed by atoms with Crippen LogP contribution in [0, 0.1) is 5.41 Å². The van der Waals surface area contributed by atoms with Crippen molar-refractivity contribution in [2.75, 3.05) is 26.4 Å². The molecular formula is C44H54N4O9. The molecule has 0 aliphatic carbocycles. The summed E-state index contributed by atoms with van der Waals surface area (Å²) in [6.07, 6.45) is 9.22. The van der Waals surface area contributed by atoms with Crippen molar-refractivity contribution in [2.45, 2.75) is 107 Å². The number of allylic oxidation sites excluding steroid dienone is 10. The first-order valence-corrected chi connectivity index (χ1v) is 19.8. The molecule has 1 unspecified atom stereocenters. The lowest BCUT2D eigenvalue weighted by Gasteiger charge is -2.25. The number of nitrogens with one attached hydrogen (secondary N) is 1. The Labute approximate surface area is 334 Å². The van der Waals surface area contributed by atoms with E-state index in [0.717, 1.165) is 33.4 Å². The van der Waals surface area contributed by atoms with E-state index >= 15 is 0 Å². The van der Waals surface area contributed by atoms with E-state index in [2.05, 4.69) is 5.32 Å². The molecule has 13 heteroatoms. The van der Waals surface area contributed by atoms with Crippen molar-refractivity contribution in [2.24, 2.45) is 20.4 Å². The van der Waals surface area contributed by atoms with Gasteiger partial charge in [0.2, 0.25) is 0 Å². The van der Waals surface area contributed by atoms with E-state index in [1.165, 1.54) is 0 Å². The second-order valence-corrected chi connectivity index (χ2v) is 14.4. The first kappa shape index (κ1) is 42.6. The number of aliphatic hydroxyl groups excluding tert-OH is 1. The number of carbonyl (C=O) groups excluding carboxylic acids is 4. The zero-order chi connectivity index (χ0) is 41.4. The average Bonchev–Trinajstić information content (AvgIpc) is 3.80. The fourth-order valence-electron chi connectivity index (χ4n) is 7.43. The molecular weight excluding hydrogens is 729 g/mol. The molecule has 8 bridgehead atoms. The normalized spacial score (nSPS) is 20.0. The highest BCUT2D eigenvalue weighted by molar-refractivity contribution is 6.18. The maximum atomic E-state index is 12.6. The van der Waals surface area contributed by atoms with Gasteiger partial charge in [-0.25, -0.2) is 15.0 Å². The van der Waals surface area contributed by atoms with Crippen molar-refractivity contribution in [3.05, 3.63) is 92.0 Å². The molecule has 13 nitrogen and oxygen atoms in total. The molecule has 5 aliphatic rings. The van der Waals surface area contributed by atoms with Crippen molar-refractivity contribution in [1.82, 2.24) is 5.32 Å². The molecule has 5 aliphatic heterocycles. The highest BCUT2D eigenvalue weighted by Gasteiger charge is 2.43. The number of fused-ring (bicyclic) bond motifs is 5. The average molecular weight is 783 g/mol. The molecule has 57 heavy (non-hydrogen) atoms. The Bertz CT molecular complexity index is 2080. The minimum Gasteiger partial charge on any atom is -0.509 e. The SMILES string of the molecule is CCOC(=O)CCC1=C(C)C2=CC3=NC(=CC4=C(O)C(C)(CCC(=O)OCC)C(=CC5=NC(=CC1=N2)C(C)=C5CCC(=O)OCC)N4)C(C)=C3CCC(=O)OCC. The topological polar surface area (TPSA) is 175 Å². The van der Waals surface area contributed by atoms with Crippen LogP contribution in [-0.2, 0) is 38.1 Å². The maximum Gasteiger partial charge on any atom is 0.306 e. The molecule has 0 saturated heterocycles. The molecule has 0 amide bonds. The van der Waals surface area contributed by atoms with Crippen LogP contribution in [0.25, 0.3) is 0 Å². The van der Waals surface area contributed by atoms with Crippen molar-refractivity contribution in [3.63, 3.8) is 0 Å². The summed E-state index contributed by atoms with van der Waals surface area (Å²) in [5.41, 5.74) is 8.68. The quantitative estimate of drug-likeness (QED) is 0.117. The summed E-state index contributed by atoms with van der Waals surface area (Å²) in [5.74, 6) is -1.33. The van der Waals surface area contributed by atoms with Crippen LogP contribution in [0.1, 0.15) is 107 Å². The molecule has 2 N–H and O–H groups in total. The smallest absolute Gasteiger partial charge is 0.306 e. The van der Waals surface area contributed by atoms with Gasteiger partial charge in [0.05, 0.1) is 71.8 Å². The second kappa shape index (κ2) is 18.6. The zero-order valence-electron chi connectivity index (χ0n) is 34.3. The zero-order valence-corrected chi connectivity index (χ0v) is 34.3. The van der Waals surface area contributed by atoms with Gasteiger partial charge in [0.15, 0.2) is 0 Å². The predicted octanol–water partition coefficient (Wildman–Crippen LogP) is 7.60. The molecule has 0 aromatic rings. The lowest BCUT2D eigenvalue weighted by Crippen LogP contribution is -2.25. The molecule has 5 rings (SSSR count). The van der Waals surface area contributed by atoms with E-state index in [4.69, 9.17) is 33.9 Å². The molecule has 5 heterocycles. The highest BCUT2D eigenvalue weighted by atomic mass is 16.5. The van der Waals surface area contributed by atoms with Gasteiger partial charge in [-0.15, -0.1) is 0 Å². The molecule has 0 spiro atoms. The summed E-state index contributed by atoms with van der Waals surface area (Å²) in [4.78, 5) is 65.6.